The lowest BCUT2D eigenvalue weighted by molar-refractivity contribution is -0.138. The van der Waals surface area contributed by atoms with Crippen LogP contribution in [0.15, 0.2) is 28.8 Å². The minimum Gasteiger partial charge on any atom is -0.362 e. The molecule has 0 N–H and O–H groups in total. The Labute approximate surface area is 129 Å². The van der Waals surface area contributed by atoms with Gasteiger partial charge in [-0.15, -0.1) is 0 Å². The fourth-order valence-electron chi connectivity index (χ4n) is 2.68. The minimum atomic E-state index is -0.0288. The van der Waals surface area contributed by atoms with Crippen molar-refractivity contribution in [3.05, 3.63) is 47.1 Å². The van der Waals surface area contributed by atoms with E-state index in [0.717, 1.165) is 0 Å². The fraction of sp³-hybridized carbons (Fsp3) is 0.438. The molecule has 2 heterocycles. The number of carbonyl (C=O) groups excluding carboxylic acids is 1. The second kappa shape index (κ2) is 6.27. The minimum absolute atomic E-state index is 0.0160. The van der Waals surface area contributed by atoms with E-state index in [2.05, 4.69) is 22.3 Å². The van der Waals surface area contributed by atoms with Crippen molar-refractivity contribution in [3.8, 4) is 0 Å². The third-order valence-electron chi connectivity index (χ3n) is 3.91. The van der Waals surface area contributed by atoms with Crippen molar-refractivity contribution in [2.24, 2.45) is 0 Å². The SMILES string of the molecule is CCc1noc(COCC(=O)N2Cc3ccccc3[C@@H]2C)n1. The maximum Gasteiger partial charge on any atom is 0.252 e. The van der Waals surface area contributed by atoms with Crippen LogP contribution in [0.2, 0.25) is 0 Å². The number of benzene rings is 1. The average molecular weight is 301 g/mol. The number of fused-ring (bicyclic) bond motifs is 1. The van der Waals surface area contributed by atoms with Crippen molar-refractivity contribution in [3.63, 3.8) is 0 Å². The molecule has 6 heteroatoms. The molecule has 1 aliphatic heterocycles. The van der Waals surface area contributed by atoms with Gasteiger partial charge in [0.15, 0.2) is 5.82 Å². The smallest absolute Gasteiger partial charge is 0.252 e. The Morgan fingerprint density at radius 1 is 1.45 bits per heavy atom. The first-order valence-corrected chi connectivity index (χ1v) is 7.45. The molecule has 0 saturated heterocycles. The van der Waals surface area contributed by atoms with E-state index in [-0.39, 0.29) is 25.2 Å². The van der Waals surface area contributed by atoms with Crippen molar-refractivity contribution in [2.75, 3.05) is 6.61 Å². The van der Waals surface area contributed by atoms with Crippen molar-refractivity contribution >= 4 is 5.91 Å². The Bertz CT molecular complexity index is 668. The second-order valence-electron chi connectivity index (χ2n) is 5.35. The Kier molecular flexibility index (Phi) is 4.20. The van der Waals surface area contributed by atoms with Gasteiger partial charge < -0.3 is 14.2 Å². The zero-order chi connectivity index (χ0) is 15.5. The first-order chi connectivity index (χ1) is 10.7. The lowest BCUT2D eigenvalue weighted by Crippen LogP contribution is -2.31. The number of ether oxygens (including phenoxy) is 1. The van der Waals surface area contributed by atoms with Crippen LogP contribution in [0.1, 0.15) is 42.7 Å². The molecule has 0 aliphatic carbocycles. The molecule has 0 unspecified atom stereocenters. The monoisotopic (exact) mass is 301 g/mol. The zero-order valence-electron chi connectivity index (χ0n) is 12.8. The lowest BCUT2D eigenvalue weighted by atomic mass is 10.1. The molecule has 3 rings (SSSR count). The van der Waals surface area contributed by atoms with E-state index >= 15 is 0 Å². The number of carbonyl (C=O) groups is 1. The van der Waals surface area contributed by atoms with Gasteiger partial charge in [0, 0.05) is 13.0 Å². The van der Waals surface area contributed by atoms with E-state index in [1.807, 2.05) is 30.9 Å². The summed E-state index contributed by atoms with van der Waals surface area (Å²) >= 11 is 0. The van der Waals surface area contributed by atoms with E-state index in [0.29, 0.717) is 24.7 Å². The molecular formula is C16H19N3O3. The predicted octanol–water partition coefficient (Wildman–Crippen LogP) is 2.25. The average Bonchev–Trinajstić information content (AvgIpc) is 3.12. The van der Waals surface area contributed by atoms with Crippen LogP contribution in [0.4, 0.5) is 0 Å². The standard InChI is InChI=1S/C16H19N3O3/c1-3-14-17-15(22-18-14)9-21-10-16(20)19-8-12-6-4-5-7-13(12)11(19)2/h4-7,11H,3,8-10H2,1-2H3/t11-/m0/s1. The number of hydrogen-bond donors (Lipinski definition) is 0. The van der Waals surface area contributed by atoms with Crippen LogP contribution in [0, 0.1) is 0 Å². The summed E-state index contributed by atoms with van der Waals surface area (Å²) in [6, 6.07) is 8.21. The molecule has 2 aromatic rings. The van der Waals surface area contributed by atoms with Crippen LogP contribution in [-0.4, -0.2) is 27.6 Å². The summed E-state index contributed by atoms with van der Waals surface area (Å²) in [5.41, 5.74) is 2.41. The summed E-state index contributed by atoms with van der Waals surface area (Å²) in [4.78, 5) is 18.3. The number of aryl methyl sites for hydroxylation is 1. The third-order valence-corrected chi connectivity index (χ3v) is 3.91. The Morgan fingerprint density at radius 3 is 3.00 bits per heavy atom. The van der Waals surface area contributed by atoms with Crippen LogP contribution in [0.3, 0.4) is 0 Å². The van der Waals surface area contributed by atoms with Crippen molar-refractivity contribution in [1.29, 1.82) is 0 Å². The fourth-order valence-corrected chi connectivity index (χ4v) is 2.68. The lowest BCUT2D eigenvalue weighted by Gasteiger charge is -2.21. The highest BCUT2D eigenvalue weighted by Gasteiger charge is 2.29. The summed E-state index contributed by atoms with van der Waals surface area (Å²) in [7, 11) is 0. The first kappa shape index (κ1) is 14.7. The highest BCUT2D eigenvalue weighted by molar-refractivity contribution is 5.78. The molecule has 0 spiro atoms. The molecule has 1 aromatic heterocycles. The van der Waals surface area contributed by atoms with Gasteiger partial charge in [-0.2, -0.15) is 4.98 Å². The van der Waals surface area contributed by atoms with Gasteiger partial charge in [-0.3, -0.25) is 4.79 Å². The van der Waals surface area contributed by atoms with Gasteiger partial charge in [-0.1, -0.05) is 36.3 Å². The summed E-state index contributed by atoms with van der Waals surface area (Å²) in [6.07, 6.45) is 0.714. The highest BCUT2D eigenvalue weighted by atomic mass is 16.5. The molecular weight excluding hydrogens is 282 g/mol. The molecule has 22 heavy (non-hydrogen) atoms. The number of hydrogen-bond acceptors (Lipinski definition) is 5. The van der Waals surface area contributed by atoms with Gasteiger partial charge >= 0.3 is 0 Å². The van der Waals surface area contributed by atoms with Crippen LogP contribution < -0.4 is 0 Å². The van der Waals surface area contributed by atoms with Crippen LogP contribution in [-0.2, 0) is 29.1 Å². The van der Waals surface area contributed by atoms with Crippen LogP contribution in [0.5, 0.6) is 0 Å². The molecule has 1 aromatic carbocycles. The molecule has 1 amide bonds. The molecule has 1 aliphatic rings. The Hall–Kier alpha value is -2.21. The van der Waals surface area contributed by atoms with Gasteiger partial charge in [-0.25, -0.2) is 0 Å². The number of nitrogens with zero attached hydrogens (tertiary/aromatic N) is 3. The molecule has 0 bridgehead atoms. The quantitative estimate of drug-likeness (QED) is 0.847. The van der Waals surface area contributed by atoms with E-state index < -0.39 is 0 Å². The molecule has 0 fully saturated rings. The van der Waals surface area contributed by atoms with Crippen molar-refractivity contribution in [1.82, 2.24) is 15.0 Å². The summed E-state index contributed by atoms with van der Waals surface area (Å²) < 4.78 is 10.4. The summed E-state index contributed by atoms with van der Waals surface area (Å²) in [5.74, 6) is 1.02. The second-order valence-corrected chi connectivity index (χ2v) is 5.35. The summed E-state index contributed by atoms with van der Waals surface area (Å²) in [6.45, 7) is 4.80. The van der Waals surface area contributed by atoms with Gasteiger partial charge in [0.05, 0.1) is 6.04 Å². The largest absolute Gasteiger partial charge is 0.362 e. The van der Waals surface area contributed by atoms with Gasteiger partial charge in [0.25, 0.3) is 5.89 Å². The Morgan fingerprint density at radius 2 is 2.27 bits per heavy atom. The van der Waals surface area contributed by atoms with Gasteiger partial charge in [-0.05, 0) is 18.1 Å². The zero-order valence-corrected chi connectivity index (χ0v) is 12.8. The van der Waals surface area contributed by atoms with Gasteiger partial charge in [0.1, 0.15) is 13.2 Å². The Balaban J connectivity index is 1.53. The normalized spacial score (nSPS) is 16.8. The van der Waals surface area contributed by atoms with E-state index in [1.165, 1.54) is 11.1 Å². The maximum absolute atomic E-state index is 12.3. The number of rotatable bonds is 5. The molecule has 0 saturated carbocycles. The van der Waals surface area contributed by atoms with Crippen LogP contribution >= 0.6 is 0 Å². The summed E-state index contributed by atoms with van der Waals surface area (Å²) in [5, 5.41) is 3.79. The topological polar surface area (TPSA) is 68.5 Å². The van der Waals surface area contributed by atoms with E-state index in [1.54, 1.807) is 0 Å². The molecule has 1 atom stereocenters. The molecule has 6 nitrogen and oxygen atoms in total. The molecule has 0 radical (unpaired) electrons. The van der Waals surface area contributed by atoms with Crippen molar-refractivity contribution < 1.29 is 14.1 Å². The predicted molar refractivity (Wildman–Crippen MR) is 78.7 cm³/mol. The van der Waals surface area contributed by atoms with Crippen molar-refractivity contribution in [2.45, 2.75) is 39.5 Å². The number of aromatic nitrogens is 2. The third kappa shape index (κ3) is 2.87. The van der Waals surface area contributed by atoms with E-state index in [4.69, 9.17) is 9.26 Å². The maximum atomic E-state index is 12.3. The van der Waals surface area contributed by atoms with Gasteiger partial charge in [0.2, 0.25) is 5.91 Å². The molecule has 116 valence electrons. The highest BCUT2D eigenvalue weighted by Crippen LogP contribution is 2.32. The van der Waals surface area contributed by atoms with E-state index in [9.17, 15) is 4.79 Å². The van der Waals surface area contributed by atoms with Crippen LogP contribution in [0.25, 0.3) is 0 Å². The number of amides is 1. The first-order valence-electron chi connectivity index (χ1n) is 7.45.